The lowest BCUT2D eigenvalue weighted by molar-refractivity contribution is -0.142. The third-order valence-corrected chi connectivity index (χ3v) is 6.68. The number of primary amides is 1. The number of phenolic OH excluding ortho intramolecular Hbond substituents is 1. The third-order valence-electron chi connectivity index (χ3n) is 6.68. The molecular formula is C32H46N4O6. The Morgan fingerprint density at radius 2 is 1.64 bits per heavy atom. The van der Waals surface area contributed by atoms with Crippen molar-refractivity contribution in [3.63, 3.8) is 0 Å². The van der Waals surface area contributed by atoms with Crippen LogP contribution in [-0.4, -0.2) is 52.0 Å². The number of rotatable bonds is 14. The molecule has 0 fully saturated rings. The summed E-state index contributed by atoms with van der Waals surface area (Å²) in [7, 11) is 0. The van der Waals surface area contributed by atoms with E-state index < -0.39 is 47.9 Å². The van der Waals surface area contributed by atoms with Gasteiger partial charge in [0.25, 0.3) is 5.91 Å². The Labute approximate surface area is 249 Å². The molecule has 2 unspecified atom stereocenters. The van der Waals surface area contributed by atoms with Crippen LogP contribution in [0.3, 0.4) is 0 Å². The van der Waals surface area contributed by atoms with Gasteiger partial charge >= 0.3 is 6.09 Å². The van der Waals surface area contributed by atoms with Gasteiger partial charge in [0.2, 0.25) is 11.8 Å². The monoisotopic (exact) mass is 582 g/mol. The maximum Gasteiger partial charge on any atom is 0.408 e. The van der Waals surface area contributed by atoms with Gasteiger partial charge in [0, 0.05) is 12.2 Å². The minimum Gasteiger partial charge on any atom is -0.508 e. The number of ether oxygens (including phenoxy) is 1. The number of nitrogens with one attached hydrogen (secondary N) is 2. The number of carbonyl (C=O) groups is 4. The number of phenols is 1. The van der Waals surface area contributed by atoms with Crippen molar-refractivity contribution in [2.24, 2.45) is 5.73 Å². The van der Waals surface area contributed by atoms with E-state index in [1.165, 1.54) is 11.0 Å². The van der Waals surface area contributed by atoms with Crippen molar-refractivity contribution >= 4 is 29.5 Å². The average molecular weight is 583 g/mol. The Bertz CT molecular complexity index is 1240. The number of nitrogens with two attached hydrogens (primary N) is 1. The molecule has 42 heavy (non-hydrogen) atoms. The molecular weight excluding hydrogens is 536 g/mol. The van der Waals surface area contributed by atoms with Crippen molar-refractivity contribution in [3.8, 4) is 5.75 Å². The molecule has 2 aromatic rings. The molecule has 0 radical (unpaired) electrons. The number of benzene rings is 2. The smallest absolute Gasteiger partial charge is 0.408 e. The number of anilines is 1. The van der Waals surface area contributed by atoms with Crippen molar-refractivity contribution in [1.82, 2.24) is 10.2 Å². The summed E-state index contributed by atoms with van der Waals surface area (Å²) in [4.78, 5) is 54.3. The molecule has 0 bridgehead atoms. The topological polar surface area (TPSA) is 151 Å². The van der Waals surface area contributed by atoms with Crippen LogP contribution < -0.4 is 16.4 Å². The van der Waals surface area contributed by atoms with Gasteiger partial charge in [-0.1, -0.05) is 56.9 Å². The zero-order valence-electron chi connectivity index (χ0n) is 25.7. The Morgan fingerprint density at radius 3 is 2.24 bits per heavy atom. The molecule has 0 heterocycles. The highest BCUT2D eigenvalue weighted by Crippen LogP contribution is 2.29. The summed E-state index contributed by atoms with van der Waals surface area (Å²) < 4.78 is 5.34. The molecule has 10 nitrogen and oxygen atoms in total. The second-order valence-corrected chi connectivity index (χ2v) is 11.6. The highest BCUT2D eigenvalue weighted by molar-refractivity contribution is 6.00. The summed E-state index contributed by atoms with van der Waals surface area (Å²) in [5.74, 6) is -1.88. The fourth-order valence-electron chi connectivity index (χ4n) is 4.54. The number of aromatic hydroxyl groups is 1. The number of hydrogen-bond acceptors (Lipinski definition) is 6. The lowest BCUT2D eigenvalue weighted by Gasteiger charge is -2.34. The van der Waals surface area contributed by atoms with E-state index in [9.17, 15) is 24.3 Å². The van der Waals surface area contributed by atoms with Crippen LogP contribution in [0.15, 0.2) is 42.5 Å². The fourth-order valence-corrected chi connectivity index (χ4v) is 4.54. The van der Waals surface area contributed by atoms with E-state index >= 15 is 0 Å². The molecule has 2 rings (SSSR count). The van der Waals surface area contributed by atoms with Crippen LogP contribution >= 0.6 is 0 Å². The van der Waals surface area contributed by atoms with E-state index in [1.807, 2.05) is 19.1 Å². The summed E-state index contributed by atoms with van der Waals surface area (Å²) in [6, 6.07) is 9.50. The van der Waals surface area contributed by atoms with Crippen molar-refractivity contribution in [2.75, 3.05) is 11.9 Å². The van der Waals surface area contributed by atoms with Gasteiger partial charge in [-0.25, -0.2) is 4.79 Å². The van der Waals surface area contributed by atoms with Crippen molar-refractivity contribution in [1.29, 1.82) is 0 Å². The second kappa shape index (κ2) is 15.8. The fraction of sp³-hybridized carbons (Fsp3) is 0.500. The van der Waals surface area contributed by atoms with Gasteiger partial charge in [-0.15, -0.1) is 0 Å². The Hall–Kier alpha value is -4.08. The molecule has 0 spiro atoms. The van der Waals surface area contributed by atoms with Gasteiger partial charge in [0.05, 0.1) is 6.42 Å². The number of alkyl carbamates (subject to hydrolysis) is 1. The van der Waals surface area contributed by atoms with Gasteiger partial charge < -0.3 is 31.1 Å². The normalized spacial score (nSPS) is 12.6. The van der Waals surface area contributed by atoms with Crippen LogP contribution in [0.2, 0.25) is 0 Å². The highest BCUT2D eigenvalue weighted by atomic mass is 16.6. The molecule has 0 aliphatic carbocycles. The first kappa shape index (κ1) is 34.1. The van der Waals surface area contributed by atoms with E-state index in [2.05, 4.69) is 17.6 Å². The van der Waals surface area contributed by atoms with Crippen molar-refractivity contribution < 1.29 is 29.0 Å². The molecule has 230 valence electrons. The second-order valence-electron chi connectivity index (χ2n) is 11.6. The van der Waals surface area contributed by atoms with Gasteiger partial charge in [-0.3, -0.25) is 14.4 Å². The zero-order valence-corrected chi connectivity index (χ0v) is 25.7. The first-order valence-electron chi connectivity index (χ1n) is 14.5. The van der Waals surface area contributed by atoms with E-state index in [4.69, 9.17) is 10.5 Å². The first-order valence-corrected chi connectivity index (χ1v) is 14.5. The van der Waals surface area contributed by atoms with Crippen LogP contribution in [0, 0.1) is 13.8 Å². The molecule has 4 amide bonds. The summed E-state index contributed by atoms with van der Waals surface area (Å²) in [6.07, 6.45) is 3.07. The number of aryl methyl sites for hydroxylation is 2. The van der Waals surface area contributed by atoms with E-state index in [-0.39, 0.29) is 12.3 Å². The lowest BCUT2D eigenvalue weighted by atomic mass is 9.99. The van der Waals surface area contributed by atoms with Crippen molar-refractivity contribution in [3.05, 3.63) is 59.2 Å². The largest absolute Gasteiger partial charge is 0.508 e. The van der Waals surface area contributed by atoms with Crippen molar-refractivity contribution in [2.45, 2.75) is 97.8 Å². The first-order chi connectivity index (χ1) is 19.7. The molecule has 5 N–H and O–H groups in total. The zero-order chi connectivity index (χ0) is 31.4. The SMILES string of the molecule is CCCCCCCN(C(=O)C(CC(N)=O)NC(=O)OC(C)(C)C)C(C(=O)Nc1ccccc1C)c1ccc(O)c(C)c1. The van der Waals surface area contributed by atoms with Gasteiger partial charge in [0.15, 0.2) is 0 Å². The number of para-hydroxylation sites is 1. The highest BCUT2D eigenvalue weighted by Gasteiger charge is 2.37. The molecule has 2 aromatic carbocycles. The van der Waals surface area contributed by atoms with E-state index in [0.717, 1.165) is 31.2 Å². The predicted molar refractivity (Wildman–Crippen MR) is 163 cm³/mol. The Balaban J connectivity index is 2.58. The molecule has 10 heteroatoms. The molecule has 0 aliphatic rings. The van der Waals surface area contributed by atoms with Gasteiger partial charge in [-0.2, -0.15) is 0 Å². The summed E-state index contributed by atoms with van der Waals surface area (Å²) in [5, 5.41) is 15.6. The quantitative estimate of drug-likeness (QED) is 0.223. The van der Waals surface area contributed by atoms with Crippen LogP contribution in [0.4, 0.5) is 10.5 Å². The minimum atomic E-state index is -1.36. The maximum atomic E-state index is 14.2. The summed E-state index contributed by atoms with van der Waals surface area (Å²) in [6.45, 7) is 10.9. The standard InChI is InChI=1S/C32H46N4O6/c1-7-8-9-10-13-18-36(30(40)25(20-27(33)38)35-31(41)42-32(4,5)6)28(23-16-17-26(37)22(3)19-23)29(39)34-24-15-12-11-14-21(24)2/h11-12,14-17,19,25,28,37H,7-10,13,18,20H2,1-6H3,(H2,33,38)(H,34,39)(H,35,41). The van der Waals surface area contributed by atoms with E-state index in [0.29, 0.717) is 23.2 Å². The molecule has 0 aromatic heterocycles. The third kappa shape index (κ3) is 10.7. The Kier molecular flexibility index (Phi) is 12.8. The molecule has 0 saturated heterocycles. The number of hydrogen-bond donors (Lipinski definition) is 4. The predicted octanol–water partition coefficient (Wildman–Crippen LogP) is 5.26. The van der Waals surface area contributed by atoms with Crippen LogP contribution in [0.5, 0.6) is 5.75 Å². The molecule has 0 aliphatic heterocycles. The summed E-state index contributed by atoms with van der Waals surface area (Å²) >= 11 is 0. The van der Waals surface area contributed by atoms with Gasteiger partial charge in [0.1, 0.15) is 23.4 Å². The van der Waals surface area contributed by atoms with Crippen LogP contribution in [-0.2, 0) is 19.1 Å². The Morgan fingerprint density at radius 1 is 0.976 bits per heavy atom. The number of amides is 4. The maximum absolute atomic E-state index is 14.2. The van der Waals surface area contributed by atoms with E-state index in [1.54, 1.807) is 52.0 Å². The van der Waals surface area contributed by atoms with Crippen LogP contribution in [0.25, 0.3) is 0 Å². The summed E-state index contributed by atoms with van der Waals surface area (Å²) in [5.41, 5.74) is 7.05. The average Bonchev–Trinajstić information content (AvgIpc) is 2.89. The molecule has 2 atom stereocenters. The number of nitrogens with zero attached hydrogens (tertiary/aromatic N) is 1. The molecule has 0 saturated carbocycles. The number of unbranched alkanes of at least 4 members (excludes halogenated alkanes) is 4. The number of carbonyl (C=O) groups excluding carboxylic acids is 4. The minimum absolute atomic E-state index is 0.0486. The van der Waals surface area contributed by atoms with Gasteiger partial charge in [-0.05, 0) is 75.9 Å². The lowest BCUT2D eigenvalue weighted by Crippen LogP contribution is -2.53. The van der Waals surface area contributed by atoms with Crippen LogP contribution in [0.1, 0.15) is 89.0 Å².